The molecule has 6 atom stereocenters. The fourth-order valence-corrected chi connectivity index (χ4v) is 2.86. The molecule has 0 aromatic heterocycles. The molecular formula is C10H14O4. The van der Waals surface area contributed by atoms with Gasteiger partial charge in [0.1, 0.15) is 12.7 Å². The highest BCUT2D eigenvalue weighted by molar-refractivity contribution is 5.75. The molecule has 3 fully saturated rings. The molecule has 0 radical (unpaired) electrons. The van der Waals surface area contributed by atoms with Gasteiger partial charge in [-0.25, -0.2) is 4.79 Å². The minimum absolute atomic E-state index is 0.0473. The standard InChI is InChI=1S/C10H14O4/c1-4-7-5(2)9-10(11)12-3-6(13-7)8(4)14-9/h4-9H,3H2,1-2H3/t4?,5?,6?,7?,8-,9-/m1/s1. The second-order valence-corrected chi connectivity index (χ2v) is 4.51. The fraction of sp³-hybridized carbons (Fsp3) is 0.900. The minimum Gasteiger partial charge on any atom is -0.461 e. The van der Waals surface area contributed by atoms with Gasteiger partial charge in [-0.05, 0) is 0 Å². The summed E-state index contributed by atoms with van der Waals surface area (Å²) in [6.45, 7) is 4.47. The van der Waals surface area contributed by atoms with Crippen molar-refractivity contribution in [2.75, 3.05) is 6.61 Å². The molecule has 4 unspecified atom stereocenters. The molecule has 3 aliphatic rings. The fourth-order valence-electron chi connectivity index (χ4n) is 2.86. The maximum atomic E-state index is 11.5. The maximum Gasteiger partial charge on any atom is 0.335 e. The van der Waals surface area contributed by atoms with Gasteiger partial charge >= 0.3 is 5.97 Å². The van der Waals surface area contributed by atoms with E-state index in [-0.39, 0.29) is 30.2 Å². The molecule has 0 aliphatic carbocycles. The smallest absolute Gasteiger partial charge is 0.335 e. The normalized spacial score (nSPS) is 55.7. The molecule has 3 rings (SSSR count). The van der Waals surface area contributed by atoms with Crippen molar-refractivity contribution in [3.63, 3.8) is 0 Å². The van der Waals surface area contributed by atoms with E-state index in [4.69, 9.17) is 14.2 Å². The zero-order valence-electron chi connectivity index (χ0n) is 8.30. The Kier molecular flexibility index (Phi) is 1.67. The quantitative estimate of drug-likeness (QED) is 0.527. The molecule has 3 bridgehead atoms. The average molecular weight is 198 g/mol. The zero-order chi connectivity index (χ0) is 9.87. The molecule has 0 N–H and O–H groups in total. The number of carbonyl (C=O) groups excluding carboxylic acids is 1. The Hall–Kier alpha value is -0.610. The number of ether oxygens (including phenoxy) is 3. The molecular weight excluding hydrogens is 184 g/mol. The topological polar surface area (TPSA) is 44.8 Å². The van der Waals surface area contributed by atoms with Crippen LogP contribution in [0.5, 0.6) is 0 Å². The van der Waals surface area contributed by atoms with E-state index in [1.165, 1.54) is 0 Å². The molecule has 4 nitrogen and oxygen atoms in total. The third-order valence-electron chi connectivity index (χ3n) is 3.66. The molecule has 3 aliphatic heterocycles. The Labute approximate surface area is 82.5 Å². The Bertz CT molecular complexity index is 275. The maximum absolute atomic E-state index is 11.5. The summed E-state index contributed by atoms with van der Waals surface area (Å²) in [6, 6.07) is 0. The molecule has 4 heteroatoms. The first-order valence-electron chi connectivity index (χ1n) is 5.16. The number of cyclic esters (lactones) is 1. The number of hydrogen-bond acceptors (Lipinski definition) is 4. The predicted molar refractivity (Wildman–Crippen MR) is 46.6 cm³/mol. The summed E-state index contributed by atoms with van der Waals surface area (Å²) >= 11 is 0. The highest BCUT2D eigenvalue weighted by Crippen LogP contribution is 2.43. The van der Waals surface area contributed by atoms with E-state index in [1.54, 1.807) is 0 Å². The van der Waals surface area contributed by atoms with Crippen molar-refractivity contribution >= 4 is 5.97 Å². The SMILES string of the molecule is CC1C2OC3COC(=O)[C@H](O[C@@H]31)C2C. The van der Waals surface area contributed by atoms with Crippen LogP contribution in [0.3, 0.4) is 0 Å². The van der Waals surface area contributed by atoms with Gasteiger partial charge in [-0.2, -0.15) is 0 Å². The van der Waals surface area contributed by atoms with Crippen molar-refractivity contribution in [3.05, 3.63) is 0 Å². The lowest BCUT2D eigenvalue weighted by molar-refractivity contribution is -0.172. The second-order valence-electron chi connectivity index (χ2n) is 4.51. The van der Waals surface area contributed by atoms with Gasteiger partial charge in [0.25, 0.3) is 0 Å². The van der Waals surface area contributed by atoms with Crippen LogP contribution in [-0.2, 0) is 19.0 Å². The lowest BCUT2D eigenvalue weighted by Crippen LogP contribution is -2.47. The molecule has 14 heavy (non-hydrogen) atoms. The molecule has 78 valence electrons. The van der Waals surface area contributed by atoms with E-state index in [2.05, 4.69) is 6.92 Å². The van der Waals surface area contributed by atoms with Gasteiger partial charge in [-0.15, -0.1) is 0 Å². The van der Waals surface area contributed by atoms with Gasteiger partial charge in [-0.3, -0.25) is 0 Å². The average Bonchev–Trinajstić information content (AvgIpc) is 2.33. The first-order chi connectivity index (χ1) is 6.68. The van der Waals surface area contributed by atoms with Gasteiger partial charge < -0.3 is 14.2 Å². The van der Waals surface area contributed by atoms with Gasteiger partial charge in [0.05, 0.1) is 12.2 Å². The Balaban J connectivity index is 1.99. The minimum atomic E-state index is -0.409. The highest BCUT2D eigenvalue weighted by atomic mass is 16.6. The molecule has 0 aromatic rings. The van der Waals surface area contributed by atoms with E-state index in [0.29, 0.717) is 12.5 Å². The number of fused-ring (bicyclic) bond motifs is 2. The third kappa shape index (κ3) is 0.929. The van der Waals surface area contributed by atoms with Crippen LogP contribution in [0, 0.1) is 11.8 Å². The summed E-state index contributed by atoms with van der Waals surface area (Å²) in [4.78, 5) is 11.5. The monoisotopic (exact) mass is 198 g/mol. The van der Waals surface area contributed by atoms with E-state index < -0.39 is 6.10 Å². The zero-order valence-corrected chi connectivity index (χ0v) is 8.30. The van der Waals surface area contributed by atoms with Gasteiger partial charge in [0, 0.05) is 11.8 Å². The summed E-state index contributed by atoms with van der Waals surface area (Å²) in [5, 5.41) is 0. The van der Waals surface area contributed by atoms with E-state index in [1.807, 2.05) is 6.92 Å². The Morgan fingerprint density at radius 1 is 1.14 bits per heavy atom. The highest BCUT2D eigenvalue weighted by Gasteiger charge is 2.56. The first-order valence-corrected chi connectivity index (χ1v) is 5.16. The van der Waals surface area contributed by atoms with Crippen molar-refractivity contribution in [2.24, 2.45) is 11.8 Å². The lowest BCUT2D eigenvalue weighted by Gasteiger charge is -2.34. The summed E-state index contributed by atoms with van der Waals surface area (Å²) in [5.41, 5.74) is 0. The molecule has 0 spiro atoms. The molecule has 0 amide bonds. The molecule has 0 aromatic carbocycles. The second kappa shape index (κ2) is 2.70. The van der Waals surface area contributed by atoms with Crippen LogP contribution in [0.25, 0.3) is 0 Å². The van der Waals surface area contributed by atoms with E-state index in [0.717, 1.165) is 0 Å². The molecule has 3 heterocycles. The number of esters is 1. The van der Waals surface area contributed by atoms with E-state index >= 15 is 0 Å². The lowest BCUT2D eigenvalue weighted by atomic mass is 9.84. The van der Waals surface area contributed by atoms with Crippen LogP contribution in [0.1, 0.15) is 13.8 Å². The summed E-state index contributed by atoms with van der Waals surface area (Å²) in [7, 11) is 0. The molecule has 0 saturated carbocycles. The first kappa shape index (κ1) is 8.68. The van der Waals surface area contributed by atoms with E-state index in [9.17, 15) is 4.79 Å². The van der Waals surface area contributed by atoms with Gasteiger partial charge in [-0.1, -0.05) is 13.8 Å². The largest absolute Gasteiger partial charge is 0.461 e. The van der Waals surface area contributed by atoms with Gasteiger partial charge in [0.15, 0.2) is 6.10 Å². The van der Waals surface area contributed by atoms with Crippen LogP contribution in [0.15, 0.2) is 0 Å². The van der Waals surface area contributed by atoms with Crippen LogP contribution < -0.4 is 0 Å². The Morgan fingerprint density at radius 2 is 1.93 bits per heavy atom. The molecule has 3 saturated heterocycles. The van der Waals surface area contributed by atoms with Crippen LogP contribution in [0.4, 0.5) is 0 Å². The van der Waals surface area contributed by atoms with Crippen molar-refractivity contribution in [1.29, 1.82) is 0 Å². The number of rotatable bonds is 0. The number of carbonyl (C=O) groups is 1. The Morgan fingerprint density at radius 3 is 2.71 bits per heavy atom. The van der Waals surface area contributed by atoms with Crippen LogP contribution in [-0.4, -0.2) is 37.0 Å². The summed E-state index contributed by atoms with van der Waals surface area (Å²) in [6.07, 6.45) is -0.244. The summed E-state index contributed by atoms with van der Waals surface area (Å²) in [5.74, 6) is 0.269. The third-order valence-corrected chi connectivity index (χ3v) is 3.66. The summed E-state index contributed by atoms with van der Waals surface area (Å²) < 4.78 is 16.7. The van der Waals surface area contributed by atoms with Crippen molar-refractivity contribution < 1.29 is 19.0 Å². The predicted octanol–water partition coefficient (Wildman–Crippen LogP) is 0.350. The van der Waals surface area contributed by atoms with Crippen LogP contribution >= 0.6 is 0 Å². The van der Waals surface area contributed by atoms with Crippen molar-refractivity contribution in [3.8, 4) is 0 Å². The van der Waals surface area contributed by atoms with Crippen molar-refractivity contribution in [2.45, 2.75) is 38.3 Å². The van der Waals surface area contributed by atoms with Gasteiger partial charge in [0.2, 0.25) is 0 Å². The van der Waals surface area contributed by atoms with Crippen LogP contribution in [0.2, 0.25) is 0 Å². The number of hydrogen-bond donors (Lipinski definition) is 0. The van der Waals surface area contributed by atoms with Crippen molar-refractivity contribution in [1.82, 2.24) is 0 Å².